The van der Waals surface area contributed by atoms with Crippen LogP contribution in [0.25, 0.3) is 0 Å². The zero-order valence-corrected chi connectivity index (χ0v) is 10.1. The minimum Gasteiger partial charge on any atom is -0.303 e. The second kappa shape index (κ2) is 7.28. The van der Waals surface area contributed by atoms with Crippen LogP contribution in [0.2, 0.25) is 0 Å². The molecule has 1 aliphatic rings. The number of rotatable bonds is 7. The molecule has 1 heteroatoms. The minimum atomic E-state index is 0.996. The van der Waals surface area contributed by atoms with E-state index in [0.29, 0.717) is 0 Å². The molecule has 0 aliphatic carbocycles. The van der Waals surface area contributed by atoms with Crippen LogP contribution in [0.1, 0.15) is 58.8 Å². The summed E-state index contributed by atoms with van der Waals surface area (Å²) in [5, 5.41) is 0. The first-order valence-corrected chi connectivity index (χ1v) is 6.59. The Morgan fingerprint density at radius 3 is 2.36 bits per heavy atom. The molecule has 84 valence electrons. The van der Waals surface area contributed by atoms with Gasteiger partial charge in [0, 0.05) is 0 Å². The standard InChI is InChI=1S/C13H27N/c1-3-5-8-13(4-2)9-12-14-10-6-7-11-14/h13H,3-12H2,1-2H3. The zero-order chi connectivity index (χ0) is 10.2. The van der Waals surface area contributed by atoms with Crippen LogP contribution >= 0.6 is 0 Å². The summed E-state index contributed by atoms with van der Waals surface area (Å²) in [5.41, 5.74) is 0. The van der Waals surface area contributed by atoms with Crippen LogP contribution in [0.5, 0.6) is 0 Å². The summed E-state index contributed by atoms with van der Waals surface area (Å²) in [6, 6.07) is 0. The van der Waals surface area contributed by atoms with E-state index in [1.54, 1.807) is 0 Å². The topological polar surface area (TPSA) is 3.24 Å². The fraction of sp³-hybridized carbons (Fsp3) is 1.00. The summed E-state index contributed by atoms with van der Waals surface area (Å²) in [7, 11) is 0. The maximum atomic E-state index is 2.65. The number of nitrogens with zero attached hydrogens (tertiary/aromatic N) is 1. The van der Waals surface area contributed by atoms with Gasteiger partial charge in [-0.3, -0.25) is 0 Å². The van der Waals surface area contributed by atoms with Crippen LogP contribution in [0, 0.1) is 5.92 Å². The van der Waals surface area contributed by atoms with E-state index in [-0.39, 0.29) is 0 Å². The normalized spacial score (nSPS) is 20.1. The Hall–Kier alpha value is -0.0400. The molecule has 0 aromatic rings. The van der Waals surface area contributed by atoms with Crippen LogP contribution in [0.4, 0.5) is 0 Å². The highest BCUT2D eigenvalue weighted by atomic mass is 15.1. The summed E-state index contributed by atoms with van der Waals surface area (Å²) in [4.78, 5) is 2.65. The first-order chi connectivity index (χ1) is 6.86. The van der Waals surface area contributed by atoms with E-state index in [1.807, 2.05) is 0 Å². The lowest BCUT2D eigenvalue weighted by atomic mass is 9.96. The molecule has 0 bridgehead atoms. The van der Waals surface area contributed by atoms with Gasteiger partial charge in [0.1, 0.15) is 0 Å². The van der Waals surface area contributed by atoms with Crippen molar-refractivity contribution in [2.75, 3.05) is 19.6 Å². The van der Waals surface area contributed by atoms with Crippen molar-refractivity contribution in [2.45, 2.75) is 58.8 Å². The Morgan fingerprint density at radius 2 is 1.79 bits per heavy atom. The summed E-state index contributed by atoms with van der Waals surface area (Å²) < 4.78 is 0. The van der Waals surface area contributed by atoms with Gasteiger partial charge < -0.3 is 4.90 Å². The molecule has 0 N–H and O–H groups in total. The van der Waals surface area contributed by atoms with E-state index in [2.05, 4.69) is 18.7 Å². The van der Waals surface area contributed by atoms with E-state index >= 15 is 0 Å². The van der Waals surface area contributed by atoms with Crippen molar-refractivity contribution in [3.05, 3.63) is 0 Å². The van der Waals surface area contributed by atoms with Crippen LogP contribution < -0.4 is 0 Å². The number of hydrogen-bond donors (Lipinski definition) is 0. The van der Waals surface area contributed by atoms with E-state index in [0.717, 1.165) is 5.92 Å². The minimum absolute atomic E-state index is 0.996. The summed E-state index contributed by atoms with van der Waals surface area (Å²) in [6.07, 6.45) is 9.95. The monoisotopic (exact) mass is 197 g/mol. The van der Waals surface area contributed by atoms with E-state index < -0.39 is 0 Å². The molecular weight excluding hydrogens is 170 g/mol. The zero-order valence-electron chi connectivity index (χ0n) is 10.1. The van der Waals surface area contributed by atoms with Crippen LogP contribution in [0.15, 0.2) is 0 Å². The fourth-order valence-corrected chi connectivity index (χ4v) is 2.42. The van der Waals surface area contributed by atoms with Crippen molar-refractivity contribution in [3.63, 3.8) is 0 Å². The van der Waals surface area contributed by atoms with Gasteiger partial charge in [0.2, 0.25) is 0 Å². The summed E-state index contributed by atoms with van der Waals surface area (Å²) in [6.45, 7) is 8.74. The van der Waals surface area contributed by atoms with Gasteiger partial charge in [0.25, 0.3) is 0 Å². The first kappa shape index (κ1) is 12.0. The molecule has 1 fully saturated rings. The molecule has 1 heterocycles. The average Bonchev–Trinajstić information content (AvgIpc) is 2.71. The predicted molar refractivity (Wildman–Crippen MR) is 63.6 cm³/mol. The quantitative estimate of drug-likeness (QED) is 0.601. The molecule has 0 radical (unpaired) electrons. The summed E-state index contributed by atoms with van der Waals surface area (Å²) >= 11 is 0. The third-order valence-corrected chi connectivity index (χ3v) is 3.60. The second-order valence-corrected chi connectivity index (χ2v) is 4.75. The van der Waals surface area contributed by atoms with Gasteiger partial charge >= 0.3 is 0 Å². The van der Waals surface area contributed by atoms with Gasteiger partial charge in [-0.25, -0.2) is 0 Å². The highest BCUT2D eigenvalue weighted by molar-refractivity contribution is 4.68. The third kappa shape index (κ3) is 4.45. The van der Waals surface area contributed by atoms with Crippen molar-refractivity contribution in [3.8, 4) is 0 Å². The van der Waals surface area contributed by atoms with Gasteiger partial charge in [-0.05, 0) is 44.8 Å². The molecule has 1 saturated heterocycles. The molecule has 1 nitrogen and oxygen atoms in total. The lowest BCUT2D eigenvalue weighted by Gasteiger charge is -2.19. The molecular formula is C13H27N. The SMILES string of the molecule is CCCCC(CC)CCN1CCCC1. The number of hydrogen-bond acceptors (Lipinski definition) is 1. The Kier molecular flexibility index (Phi) is 6.25. The Balaban J connectivity index is 2.06. The van der Waals surface area contributed by atoms with Gasteiger partial charge in [-0.2, -0.15) is 0 Å². The smallest absolute Gasteiger partial charge is 0.00161 e. The molecule has 0 saturated carbocycles. The Bertz CT molecular complexity index is 127. The van der Waals surface area contributed by atoms with Gasteiger partial charge in [0.05, 0.1) is 0 Å². The van der Waals surface area contributed by atoms with E-state index in [1.165, 1.54) is 64.6 Å². The van der Waals surface area contributed by atoms with Gasteiger partial charge in [-0.1, -0.05) is 39.5 Å². The highest BCUT2D eigenvalue weighted by Gasteiger charge is 2.13. The lowest BCUT2D eigenvalue weighted by Crippen LogP contribution is -2.22. The third-order valence-electron chi connectivity index (χ3n) is 3.60. The summed E-state index contributed by atoms with van der Waals surface area (Å²) in [5.74, 6) is 0.996. The van der Waals surface area contributed by atoms with Gasteiger partial charge in [-0.15, -0.1) is 0 Å². The average molecular weight is 197 g/mol. The second-order valence-electron chi connectivity index (χ2n) is 4.75. The fourth-order valence-electron chi connectivity index (χ4n) is 2.42. The molecule has 0 aromatic carbocycles. The van der Waals surface area contributed by atoms with Crippen molar-refractivity contribution in [1.82, 2.24) is 4.90 Å². The Labute approximate surface area is 89.9 Å². The van der Waals surface area contributed by atoms with Gasteiger partial charge in [0.15, 0.2) is 0 Å². The maximum absolute atomic E-state index is 2.65. The molecule has 0 amide bonds. The molecule has 14 heavy (non-hydrogen) atoms. The highest BCUT2D eigenvalue weighted by Crippen LogP contribution is 2.18. The van der Waals surface area contributed by atoms with Crippen LogP contribution in [-0.2, 0) is 0 Å². The Morgan fingerprint density at radius 1 is 1.07 bits per heavy atom. The van der Waals surface area contributed by atoms with E-state index in [4.69, 9.17) is 0 Å². The predicted octanol–water partition coefficient (Wildman–Crippen LogP) is 3.69. The molecule has 0 aromatic heterocycles. The largest absolute Gasteiger partial charge is 0.303 e. The van der Waals surface area contributed by atoms with Crippen LogP contribution in [0.3, 0.4) is 0 Å². The van der Waals surface area contributed by atoms with Crippen molar-refractivity contribution >= 4 is 0 Å². The molecule has 1 unspecified atom stereocenters. The van der Waals surface area contributed by atoms with Crippen molar-refractivity contribution in [2.24, 2.45) is 5.92 Å². The van der Waals surface area contributed by atoms with E-state index in [9.17, 15) is 0 Å². The molecule has 0 spiro atoms. The number of unbranched alkanes of at least 4 members (excludes halogenated alkanes) is 1. The first-order valence-electron chi connectivity index (χ1n) is 6.59. The van der Waals surface area contributed by atoms with Crippen molar-refractivity contribution in [1.29, 1.82) is 0 Å². The van der Waals surface area contributed by atoms with Crippen LogP contribution in [-0.4, -0.2) is 24.5 Å². The number of likely N-dealkylation sites (tertiary alicyclic amines) is 1. The lowest BCUT2D eigenvalue weighted by molar-refractivity contribution is 0.289. The molecule has 1 rings (SSSR count). The molecule has 1 aliphatic heterocycles. The van der Waals surface area contributed by atoms with Crippen molar-refractivity contribution < 1.29 is 0 Å². The molecule has 1 atom stereocenters. The maximum Gasteiger partial charge on any atom is -0.00161 e.